The van der Waals surface area contributed by atoms with E-state index in [0.717, 1.165) is 12.2 Å². The number of aliphatic hydroxyl groups excluding tert-OH is 1. The number of hydrogen-bond donors (Lipinski definition) is 1. The van der Waals surface area contributed by atoms with Crippen LogP contribution in [0.2, 0.25) is 5.02 Å². The molecule has 100 valence electrons. The Hall–Kier alpha value is -1.58. The third-order valence-corrected chi connectivity index (χ3v) is 3.26. The van der Waals surface area contributed by atoms with Gasteiger partial charge in [0.1, 0.15) is 0 Å². The average Bonchev–Trinajstić information content (AvgIpc) is 2.43. The number of aryl methyl sites for hydroxylation is 1. The van der Waals surface area contributed by atoms with Crippen LogP contribution < -0.4 is 4.90 Å². The number of benzene rings is 1. The molecule has 1 N–H and O–H groups in total. The second-order valence-corrected chi connectivity index (χ2v) is 4.79. The second-order valence-electron chi connectivity index (χ2n) is 4.39. The van der Waals surface area contributed by atoms with E-state index in [9.17, 15) is 0 Å². The fourth-order valence-electron chi connectivity index (χ4n) is 1.93. The standard InChI is InChI=1S/C15H17ClN2O/c1-3-18(13-6-4-11(2)5-7-13)15-14(16)8-12(10-19)9-17-15/h4-9,19H,3,10H2,1-2H3. The summed E-state index contributed by atoms with van der Waals surface area (Å²) in [4.78, 5) is 6.40. The number of aromatic nitrogens is 1. The van der Waals surface area contributed by atoms with Gasteiger partial charge in [-0.3, -0.25) is 0 Å². The van der Waals surface area contributed by atoms with Gasteiger partial charge in [-0.2, -0.15) is 0 Å². The van der Waals surface area contributed by atoms with E-state index in [0.29, 0.717) is 16.4 Å². The minimum atomic E-state index is -0.0519. The molecular formula is C15H17ClN2O. The molecule has 1 heterocycles. The normalized spacial score (nSPS) is 10.5. The zero-order valence-corrected chi connectivity index (χ0v) is 11.9. The van der Waals surface area contributed by atoms with Gasteiger partial charge in [-0.1, -0.05) is 29.3 Å². The van der Waals surface area contributed by atoms with Crippen LogP contribution in [0.15, 0.2) is 36.5 Å². The van der Waals surface area contributed by atoms with Crippen molar-refractivity contribution in [3.63, 3.8) is 0 Å². The fourth-order valence-corrected chi connectivity index (χ4v) is 2.23. The van der Waals surface area contributed by atoms with Gasteiger partial charge < -0.3 is 10.0 Å². The van der Waals surface area contributed by atoms with Crippen LogP contribution >= 0.6 is 11.6 Å². The van der Waals surface area contributed by atoms with E-state index in [1.54, 1.807) is 12.3 Å². The van der Waals surface area contributed by atoms with E-state index in [1.165, 1.54) is 5.56 Å². The highest BCUT2D eigenvalue weighted by Crippen LogP contribution is 2.30. The van der Waals surface area contributed by atoms with Gasteiger partial charge in [-0.15, -0.1) is 0 Å². The topological polar surface area (TPSA) is 36.4 Å². The van der Waals surface area contributed by atoms with Crippen molar-refractivity contribution in [2.45, 2.75) is 20.5 Å². The van der Waals surface area contributed by atoms with Crippen molar-refractivity contribution < 1.29 is 5.11 Å². The molecular weight excluding hydrogens is 260 g/mol. The van der Waals surface area contributed by atoms with E-state index in [1.807, 2.05) is 4.90 Å². The van der Waals surface area contributed by atoms with Gasteiger partial charge in [0.25, 0.3) is 0 Å². The van der Waals surface area contributed by atoms with Gasteiger partial charge in [0, 0.05) is 18.4 Å². The van der Waals surface area contributed by atoms with E-state index in [4.69, 9.17) is 16.7 Å². The first kappa shape index (κ1) is 13.8. The number of pyridine rings is 1. The smallest absolute Gasteiger partial charge is 0.151 e. The van der Waals surface area contributed by atoms with Crippen LogP contribution in [0.3, 0.4) is 0 Å². The second kappa shape index (κ2) is 6.04. The highest BCUT2D eigenvalue weighted by Gasteiger charge is 2.12. The molecule has 0 unspecified atom stereocenters. The number of aliphatic hydroxyl groups is 1. The van der Waals surface area contributed by atoms with Crippen molar-refractivity contribution in [3.05, 3.63) is 52.7 Å². The largest absolute Gasteiger partial charge is 0.392 e. The fraction of sp³-hybridized carbons (Fsp3) is 0.267. The lowest BCUT2D eigenvalue weighted by Crippen LogP contribution is -2.17. The maximum Gasteiger partial charge on any atom is 0.151 e. The van der Waals surface area contributed by atoms with Crippen LogP contribution in [0.1, 0.15) is 18.1 Å². The van der Waals surface area contributed by atoms with Crippen molar-refractivity contribution in [2.75, 3.05) is 11.4 Å². The van der Waals surface area contributed by atoms with Crippen LogP contribution in [0.25, 0.3) is 0 Å². The van der Waals surface area contributed by atoms with E-state index >= 15 is 0 Å². The van der Waals surface area contributed by atoms with Gasteiger partial charge in [0.15, 0.2) is 5.82 Å². The number of anilines is 2. The molecule has 1 aromatic carbocycles. The third kappa shape index (κ3) is 3.06. The maximum atomic E-state index is 9.08. The first-order valence-electron chi connectivity index (χ1n) is 6.25. The average molecular weight is 277 g/mol. The monoisotopic (exact) mass is 276 g/mol. The molecule has 2 rings (SSSR count). The highest BCUT2D eigenvalue weighted by atomic mass is 35.5. The number of nitrogens with zero attached hydrogens (tertiary/aromatic N) is 2. The van der Waals surface area contributed by atoms with Crippen molar-refractivity contribution in [2.24, 2.45) is 0 Å². The van der Waals surface area contributed by atoms with E-state index in [2.05, 4.69) is 43.1 Å². The Morgan fingerprint density at radius 2 is 1.95 bits per heavy atom. The lowest BCUT2D eigenvalue weighted by Gasteiger charge is -2.23. The van der Waals surface area contributed by atoms with Crippen LogP contribution in [0.4, 0.5) is 11.5 Å². The number of rotatable bonds is 4. The Labute approximate surface area is 118 Å². The molecule has 2 aromatic rings. The van der Waals surface area contributed by atoms with Gasteiger partial charge >= 0.3 is 0 Å². The first-order valence-corrected chi connectivity index (χ1v) is 6.63. The van der Waals surface area contributed by atoms with Gasteiger partial charge in [0.2, 0.25) is 0 Å². The molecule has 4 heteroatoms. The van der Waals surface area contributed by atoms with E-state index in [-0.39, 0.29) is 6.61 Å². The quantitative estimate of drug-likeness (QED) is 0.925. The van der Waals surface area contributed by atoms with Gasteiger partial charge in [0.05, 0.1) is 11.6 Å². The molecule has 0 saturated carbocycles. The molecule has 1 aromatic heterocycles. The number of halogens is 1. The lowest BCUT2D eigenvalue weighted by atomic mass is 10.2. The SMILES string of the molecule is CCN(c1ccc(C)cc1)c1ncc(CO)cc1Cl. The summed E-state index contributed by atoms with van der Waals surface area (Å²) >= 11 is 6.25. The summed E-state index contributed by atoms with van der Waals surface area (Å²) < 4.78 is 0. The minimum absolute atomic E-state index is 0.0519. The summed E-state index contributed by atoms with van der Waals surface area (Å²) in [6, 6.07) is 9.98. The zero-order chi connectivity index (χ0) is 13.8. The van der Waals surface area contributed by atoms with Crippen molar-refractivity contribution >= 4 is 23.1 Å². The first-order chi connectivity index (χ1) is 9.15. The predicted molar refractivity (Wildman–Crippen MR) is 79.0 cm³/mol. The molecule has 19 heavy (non-hydrogen) atoms. The zero-order valence-electron chi connectivity index (χ0n) is 11.1. The van der Waals surface area contributed by atoms with Crippen LogP contribution in [-0.2, 0) is 6.61 Å². The molecule has 0 amide bonds. The molecule has 0 bridgehead atoms. The third-order valence-electron chi connectivity index (χ3n) is 2.98. The van der Waals surface area contributed by atoms with Crippen molar-refractivity contribution in [1.82, 2.24) is 4.98 Å². The van der Waals surface area contributed by atoms with E-state index < -0.39 is 0 Å². The van der Waals surface area contributed by atoms with Crippen LogP contribution in [-0.4, -0.2) is 16.6 Å². The summed E-state index contributed by atoms with van der Waals surface area (Å²) in [5, 5.41) is 9.63. The molecule has 0 saturated heterocycles. The molecule has 0 fully saturated rings. The summed E-state index contributed by atoms with van der Waals surface area (Å²) in [6.45, 7) is 4.83. The molecule has 0 aliphatic carbocycles. The predicted octanol–water partition coefficient (Wildman–Crippen LogP) is 3.69. The number of hydrogen-bond acceptors (Lipinski definition) is 3. The highest BCUT2D eigenvalue weighted by molar-refractivity contribution is 6.33. The molecule has 0 atom stereocenters. The van der Waals surface area contributed by atoms with Gasteiger partial charge in [-0.05, 0) is 37.6 Å². The molecule has 0 aliphatic heterocycles. The Morgan fingerprint density at radius 3 is 2.47 bits per heavy atom. The van der Waals surface area contributed by atoms with Crippen molar-refractivity contribution in [1.29, 1.82) is 0 Å². The van der Waals surface area contributed by atoms with Crippen LogP contribution in [0, 0.1) is 6.92 Å². The minimum Gasteiger partial charge on any atom is -0.392 e. The van der Waals surface area contributed by atoms with Gasteiger partial charge in [-0.25, -0.2) is 4.98 Å². The summed E-state index contributed by atoms with van der Waals surface area (Å²) in [6.07, 6.45) is 1.65. The molecule has 0 aliphatic rings. The molecule has 3 nitrogen and oxygen atoms in total. The summed E-state index contributed by atoms with van der Waals surface area (Å²) in [7, 11) is 0. The Morgan fingerprint density at radius 1 is 1.26 bits per heavy atom. The summed E-state index contributed by atoms with van der Waals surface area (Å²) in [5.74, 6) is 0.713. The lowest BCUT2D eigenvalue weighted by molar-refractivity contribution is 0.281. The summed E-state index contributed by atoms with van der Waals surface area (Å²) in [5.41, 5.74) is 2.99. The van der Waals surface area contributed by atoms with Crippen LogP contribution in [0.5, 0.6) is 0 Å². The van der Waals surface area contributed by atoms with Crippen molar-refractivity contribution in [3.8, 4) is 0 Å². The maximum absolute atomic E-state index is 9.08. The molecule has 0 radical (unpaired) electrons. The Bertz CT molecular complexity index is 555. The Kier molecular flexibility index (Phi) is 4.40. The molecule has 0 spiro atoms. The Balaban J connectivity index is 2.39.